The van der Waals surface area contributed by atoms with Gasteiger partial charge in [0.2, 0.25) is 0 Å². The smallest absolute Gasteiger partial charge is 0.0426 e. The summed E-state index contributed by atoms with van der Waals surface area (Å²) in [6.07, 6.45) is 3.75. The number of hydrogen-bond donors (Lipinski definition) is 1. The average molecular weight is 325 g/mol. The van der Waals surface area contributed by atoms with Crippen LogP contribution in [0.3, 0.4) is 0 Å². The van der Waals surface area contributed by atoms with E-state index in [9.17, 15) is 0 Å². The molecule has 0 aromatic heterocycles. The van der Waals surface area contributed by atoms with E-state index in [1.165, 1.54) is 40.5 Å². The van der Waals surface area contributed by atoms with Crippen molar-refractivity contribution in [2.75, 3.05) is 24.5 Å². The second-order valence-corrected chi connectivity index (χ2v) is 6.54. The van der Waals surface area contributed by atoms with Gasteiger partial charge in [-0.1, -0.05) is 29.3 Å². The zero-order valence-electron chi connectivity index (χ0n) is 12.3. The zero-order valence-corrected chi connectivity index (χ0v) is 13.9. The molecule has 1 aliphatic rings. The van der Waals surface area contributed by atoms with Gasteiger partial charge < -0.3 is 10.2 Å². The molecule has 0 spiro atoms. The Morgan fingerprint density at radius 2 is 2.00 bits per heavy atom. The fraction of sp³-hybridized carbons (Fsp3) is 0.625. The van der Waals surface area contributed by atoms with Crippen LogP contribution < -0.4 is 10.2 Å². The summed E-state index contributed by atoms with van der Waals surface area (Å²) >= 11 is 3.59. The van der Waals surface area contributed by atoms with Gasteiger partial charge in [-0.25, -0.2) is 0 Å². The molecule has 0 bridgehead atoms. The molecule has 1 aliphatic heterocycles. The Hall–Kier alpha value is -0.540. The zero-order chi connectivity index (χ0) is 13.8. The summed E-state index contributed by atoms with van der Waals surface area (Å²) < 4.78 is 1.18. The van der Waals surface area contributed by atoms with Crippen LogP contribution in [0.4, 0.5) is 5.69 Å². The molecule has 3 heteroatoms. The Morgan fingerprint density at radius 3 is 2.63 bits per heavy atom. The highest BCUT2D eigenvalue weighted by atomic mass is 79.9. The fourth-order valence-corrected chi connectivity index (χ4v) is 3.83. The summed E-state index contributed by atoms with van der Waals surface area (Å²) in [5.74, 6) is 0. The monoisotopic (exact) mass is 324 g/mol. The van der Waals surface area contributed by atoms with Crippen LogP contribution in [0, 0.1) is 13.8 Å². The molecule has 2 nitrogen and oxygen atoms in total. The predicted molar refractivity (Wildman–Crippen MR) is 87.1 cm³/mol. The van der Waals surface area contributed by atoms with Gasteiger partial charge in [0, 0.05) is 29.3 Å². The second-order valence-electron chi connectivity index (χ2n) is 5.63. The van der Waals surface area contributed by atoms with E-state index in [-0.39, 0.29) is 0 Å². The maximum absolute atomic E-state index is 3.68. The number of benzene rings is 1. The molecule has 1 heterocycles. The number of hydrogen-bond acceptors (Lipinski definition) is 2. The SMILES string of the molecule is CCCC1CN(c2c(C)cc(Br)cc2C)CCCN1. The third kappa shape index (κ3) is 3.73. The van der Waals surface area contributed by atoms with Crippen molar-refractivity contribution in [1.29, 1.82) is 0 Å². The maximum Gasteiger partial charge on any atom is 0.0426 e. The van der Waals surface area contributed by atoms with Gasteiger partial charge in [-0.2, -0.15) is 0 Å². The standard InChI is InChI=1S/C16H25BrN2/c1-4-6-15-11-19(8-5-7-18-15)16-12(2)9-14(17)10-13(16)3/h9-10,15,18H,4-8,11H2,1-3H3. The normalized spacial score (nSPS) is 20.4. The van der Waals surface area contributed by atoms with Crippen molar-refractivity contribution in [3.63, 3.8) is 0 Å². The molecule has 106 valence electrons. The van der Waals surface area contributed by atoms with Gasteiger partial charge in [-0.3, -0.25) is 0 Å². The van der Waals surface area contributed by atoms with Gasteiger partial charge in [0.15, 0.2) is 0 Å². The van der Waals surface area contributed by atoms with E-state index in [4.69, 9.17) is 0 Å². The Morgan fingerprint density at radius 1 is 1.32 bits per heavy atom. The van der Waals surface area contributed by atoms with Gasteiger partial charge in [0.05, 0.1) is 0 Å². The Bertz CT molecular complexity index is 408. The molecule has 19 heavy (non-hydrogen) atoms. The highest BCUT2D eigenvalue weighted by molar-refractivity contribution is 9.10. The summed E-state index contributed by atoms with van der Waals surface area (Å²) in [7, 11) is 0. The van der Waals surface area contributed by atoms with Gasteiger partial charge in [-0.15, -0.1) is 0 Å². The average Bonchev–Trinajstić information content (AvgIpc) is 2.54. The first-order chi connectivity index (χ1) is 9.11. The van der Waals surface area contributed by atoms with Crippen molar-refractivity contribution < 1.29 is 0 Å². The first kappa shape index (κ1) is 14.9. The van der Waals surface area contributed by atoms with Gasteiger partial charge in [-0.05, 0) is 56.5 Å². The highest BCUT2D eigenvalue weighted by Gasteiger charge is 2.19. The Kier molecular flexibility index (Phi) is 5.28. The number of anilines is 1. The first-order valence-electron chi connectivity index (χ1n) is 7.37. The van der Waals surface area contributed by atoms with Crippen molar-refractivity contribution in [2.45, 2.75) is 46.1 Å². The van der Waals surface area contributed by atoms with E-state index in [0.717, 1.165) is 19.6 Å². The molecular weight excluding hydrogens is 300 g/mol. The minimum Gasteiger partial charge on any atom is -0.369 e. The molecule has 1 unspecified atom stereocenters. The number of rotatable bonds is 3. The maximum atomic E-state index is 3.68. The van der Waals surface area contributed by atoms with Crippen LogP contribution in [-0.2, 0) is 0 Å². The van der Waals surface area contributed by atoms with Crippen LogP contribution in [-0.4, -0.2) is 25.7 Å². The summed E-state index contributed by atoms with van der Waals surface area (Å²) in [6, 6.07) is 5.10. The van der Waals surface area contributed by atoms with E-state index < -0.39 is 0 Å². The molecule has 1 atom stereocenters. The van der Waals surface area contributed by atoms with Crippen LogP contribution in [0.2, 0.25) is 0 Å². The number of nitrogens with one attached hydrogen (secondary N) is 1. The number of halogens is 1. The van der Waals surface area contributed by atoms with Gasteiger partial charge in [0.25, 0.3) is 0 Å². The molecule has 1 saturated heterocycles. The molecule has 0 radical (unpaired) electrons. The predicted octanol–water partition coefficient (Wildman–Crippen LogP) is 4.03. The minimum atomic E-state index is 0.634. The van der Waals surface area contributed by atoms with E-state index in [0.29, 0.717) is 6.04 Å². The van der Waals surface area contributed by atoms with Crippen molar-refractivity contribution in [3.8, 4) is 0 Å². The lowest BCUT2D eigenvalue weighted by Gasteiger charge is -2.29. The summed E-state index contributed by atoms with van der Waals surface area (Å²) in [4.78, 5) is 2.58. The molecule has 1 fully saturated rings. The van der Waals surface area contributed by atoms with Crippen LogP contribution in [0.5, 0.6) is 0 Å². The van der Waals surface area contributed by atoms with Crippen molar-refractivity contribution in [2.24, 2.45) is 0 Å². The van der Waals surface area contributed by atoms with Crippen LogP contribution in [0.25, 0.3) is 0 Å². The molecule has 2 rings (SSSR count). The summed E-state index contributed by atoms with van der Waals surface area (Å²) in [6.45, 7) is 10.2. The molecular formula is C16H25BrN2. The molecule has 1 aromatic rings. The van der Waals surface area contributed by atoms with Crippen LogP contribution in [0.15, 0.2) is 16.6 Å². The van der Waals surface area contributed by atoms with Crippen LogP contribution >= 0.6 is 15.9 Å². The Balaban J connectivity index is 2.24. The third-order valence-corrected chi connectivity index (χ3v) is 4.35. The molecule has 1 aromatic carbocycles. The number of aryl methyl sites for hydroxylation is 2. The van der Waals surface area contributed by atoms with E-state index in [1.807, 2.05) is 0 Å². The van der Waals surface area contributed by atoms with E-state index in [1.54, 1.807) is 0 Å². The van der Waals surface area contributed by atoms with Gasteiger partial charge >= 0.3 is 0 Å². The van der Waals surface area contributed by atoms with E-state index in [2.05, 4.69) is 59.1 Å². The molecule has 0 saturated carbocycles. The fourth-order valence-electron chi connectivity index (χ4n) is 3.14. The summed E-state index contributed by atoms with van der Waals surface area (Å²) in [5, 5.41) is 3.68. The molecule has 1 N–H and O–H groups in total. The Labute approximate surface area is 125 Å². The van der Waals surface area contributed by atoms with Crippen molar-refractivity contribution in [3.05, 3.63) is 27.7 Å². The topological polar surface area (TPSA) is 15.3 Å². The van der Waals surface area contributed by atoms with Crippen LogP contribution in [0.1, 0.15) is 37.3 Å². The lowest BCUT2D eigenvalue weighted by atomic mass is 10.1. The lowest BCUT2D eigenvalue weighted by Crippen LogP contribution is -2.38. The highest BCUT2D eigenvalue weighted by Crippen LogP contribution is 2.29. The van der Waals surface area contributed by atoms with Gasteiger partial charge in [0.1, 0.15) is 0 Å². The molecule has 0 aliphatic carbocycles. The van der Waals surface area contributed by atoms with E-state index >= 15 is 0 Å². The summed E-state index contributed by atoms with van der Waals surface area (Å²) in [5.41, 5.74) is 4.20. The largest absolute Gasteiger partial charge is 0.369 e. The number of nitrogens with zero attached hydrogens (tertiary/aromatic N) is 1. The first-order valence-corrected chi connectivity index (χ1v) is 8.16. The quantitative estimate of drug-likeness (QED) is 0.902. The molecule has 0 amide bonds. The van der Waals surface area contributed by atoms with Crippen molar-refractivity contribution in [1.82, 2.24) is 5.32 Å². The third-order valence-electron chi connectivity index (χ3n) is 3.89. The van der Waals surface area contributed by atoms with Crippen molar-refractivity contribution >= 4 is 21.6 Å². The lowest BCUT2D eigenvalue weighted by molar-refractivity contribution is 0.502. The second kappa shape index (κ2) is 6.76. The minimum absolute atomic E-state index is 0.634.